The Kier molecular flexibility index (Phi) is 4.48. The lowest BCUT2D eigenvalue weighted by Gasteiger charge is -2.20. The quantitative estimate of drug-likeness (QED) is 0.741. The van der Waals surface area contributed by atoms with Crippen molar-refractivity contribution in [3.8, 4) is 0 Å². The Morgan fingerprint density at radius 3 is 2.47 bits per heavy atom. The summed E-state index contributed by atoms with van der Waals surface area (Å²) >= 11 is 0. The van der Waals surface area contributed by atoms with Crippen LogP contribution < -0.4 is 5.32 Å². The van der Waals surface area contributed by atoms with Gasteiger partial charge in [0.15, 0.2) is 0 Å². The van der Waals surface area contributed by atoms with Gasteiger partial charge in [0.2, 0.25) is 0 Å². The number of rotatable bonds is 5. The Hall–Kier alpha value is -0.0800. The summed E-state index contributed by atoms with van der Waals surface area (Å²) in [6.45, 7) is 12.4. The summed E-state index contributed by atoms with van der Waals surface area (Å²) in [6.07, 6.45) is 6.90. The smallest absolute Gasteiger partial charge is 0.00979 e. The first-order valence-corrected chi connectivity index (χ1v) is 7.53. The molecule has 1 aliphatic carbocycles. The second-order valence-corrected chi connectivity index (χ2v) is 7.01. The predicted molar refractivity (Wildman–Crippen MR) is 74.3 cm³/mol. The van der Waals surface area contributed by atoms with Crippen LogP contribution in [-0.2, 0) is 0 Å². The SMILES string of the molecule is CC1CC(C)(C)CC1NCCCN1CCCC1. The summed E-state index contributed by atoms with van der Waals surface area (Å²) in [7, 11) is 0. The van der Waals surface area contributed by atoms with E-state index in [0.717, 1.165) is 12.0 Å². The van der Waals surface area contributed by atoms with Crippen molar-refractivity contribution in [1.29, 1.82) is 0 Å². The van der Waals surface area contributed by atoms with Crippen molar-refractivity contribution >= 4 is 0 Å². The largest absolute Gasteiger partial charge is 0.314 e. The van der Waals surface area contributed by atoms with Crippen LogP contribution in [0.2, 0.25) is 0 Å². The molecule has 0 aromatic heterocycles. The van der Waals surface area contributed by atoms with Crippen molar-refractivity contribution in [2.75, 3.05) is 26.2 Å². The zero-order valence-corrected chi connectivity index (χ0v) is 12.0. The van der Waals surface area contributed by atoms with Gasteiger partial charge in [0.1, 0.15) is 0 Å². The summed E-state index contributed by atoms with van der Waals surface area (Å²) in [6, 6.07) is 0.767. The van der Waals surface area contributed by atoms with Crippen LogP contribution in [0, 0.1) is 11.3 Å². The van der Waals surface area contributed by atoms with E-state index in [9.17, 15) is 0 Å². The highest BCUT2D eigenvalue weighted by Crippen LogP contribution is 2.40. The maximum Gasteiger partial charge on any atom is 0.00979 e. The van der Waals surface area contributed by atoms with Crippen molar-refractivity contribution in [3.05, 3.63) is 0 Å². The summed E-state index contributed by atoms with van der Waals surface area (Å²) in [4.78, 5) is 2.61. The van der Waals surface area contributed by atoms with Gasteiger partial charge in [0.05, 0.1) is 0 Å². The van der Waals surface area contributed by atoms with Gasteiger partial charge in [0.25, 0.3) is 0 Å². The molecular weight excluding hydrogens is 208 g/mol. The molecule has 0 bridgehead atoms. The van der Waals surface area contributed by atoms with Crippen LogP contribution in [0.25, 0.3) is 0 Å². The highest BCUT2D eigenvalue weighted by molar-refractivity contribution is 4.91. The van der Waals surface area contributed by atoms with Crippen molar-refractivity contribution in [2.45, 2.75) is 58.9 Å². The molecule has 2 atom stereocenters. The standard InChI is InChI=1S/C15H30N2/c1-13-11-15(2,3)12-14(13)16-7-6-10-17-8-4-5-9-17/h13-14,16H,4-12H2,1-3H3. The first-order valence-electron chi connectivity index (χ1n) is 7.53. The molecule has 100 valence electrons. The van der Waals surface area contributed by atoms with Crippen LogP contribution in [0.5, 0.6) is 0 Å². The lowest BCUT2D eigenvalue weighted by Crippen LogP contribution is -2.34. The van der Waals surface area contributed by atoms with Gasteiger partial charge in [-0.3, -0.25) is 0 Å². The average molecular weight is 238 g/mol. The third-order valence-corrected chi connectivity index (χ3v) is 4.59. The van der Waals surface area contributed by atoms with E-state index in [0.29, 0.717) is 5.41 Å². The number of likely N-dealkylation sites (tertiary alicyclic amines) is 1. The minimum atomic E-state index is 0.562. The molecule has 0 spiro atoms. The summed E-state index contributed by atoms with van der Waals surface area (Å²) in [5.74, 6) is 0.858. The van der Waals surface area contributed by atoms with Crippen LogP contribution in [0.1, 0.15) is 52.9 Å². The van der Waals surface area contributed by atoms with Crippen LogP contribution in [0.15, 0.2) is 0 Å². The first-order chi connectivity index (χ1) is 8.07. The molecule has 2 fully saturated rings. The number of hydrogen-bond donors (Lipinski definition) is 1. The fourth-order valence-electron chi connectivity index (χ4n) is 3.76. The van der Waals surface area contributed by atoms with Gasteiger partial charge >= 0.3 is 0 Å². The zero-order chi connectivity index (χ0) is 12.3. The predicted octanol–water partition coefficient (Wildman–Crippen LogP) is 2.89. The van der Waals surface area contributed by atoms with Gasteiger partial charge in [-0.05, 0) is 69.6 Å². The van der Waals surface area contributed by atoms with E-state index in [-0.39, 0.29) is 0 Å². The molecule has 1 saturated heterocycles. The topological polar surface area (TPSA) is 15.3 Å². The minimum absolute atomic E-state index is 0.562. The molecule has 2 heteroatoms. The first kappa shape index (κ1) is 13.4. The Bertz CT molecular complexity index is 231. The monoisotopic (exact) mass is 238 g/mol. The van der Waals surface area contributed by atoms with Crippen LogP contribution in [0.3, 0.4) is 0 Å². The van der Waals surface area contributed by atoms with E-state index >= 15 is 0 Å². The molecule has 0 amide bonds. The average Bonchev–Trinajstić information content (AvgIpc) is 2.81. The third kappa shape index (κ3) is 3.96. The van der Waals surface area contributed by atoms with E-state index in [4.69, 9.17) is 0 Å². The maximum absolute atomic E-state index is 3.78. The Balaban J connectivity index is 1.59. The van der Waals surface area contributed by atoms with Gasteiger partial charge in [0, 0.05) is 6.04 Å². The molecule has 1 saturated carbocycles. The molecule has 2 unspecified atom stereocenters. The fraction of sp³-hybridized carbons (Fsp3) is 1.00. The Morgan fingerprint density at radius 1 is 1.18 bits per heavy atom. The molecule has 0 radical (unpaired) electrons. The van der Waals surface area contributed by atoms with E-state index in [1.54, 1.807) is 0 Å². The van der Waals surface area contributed by atoms with Gasteiger partial charge in [-0.25, -0.2) is 0 Å². The highest BCUT2D eigenvalue weighted by Gasteiger charge is 2.35. The second kappa shape index (κ2) is 5.71. The highest BCUT2D eigenvalue weighted by atomic mass is 15.1. The van der Waals surface area contributed by atoms with Crippen molar-refractivity contribution < 1.29 is 0 Å². The van der Waals surface area contributed by atoms with Crippen LogP contribution >= 0.6 is 0 Å². The molecular formula is C15H30N2. The summed E-state index contributed by atoms with van der Waals surface area (Å²) in [5, 5.41) is 3.78. The van der Waals surface area contributed by atoms with Crippen LogP contribution in [-0.4, -0.2) is 37.1 Å². The third-order valence-electron chi connectivity index (χ3n) is 4.59. The molecule has 0 aromatic rings. The lowest BCUT2D eigenvalue weighted by molar-refractivity contribution is 0.321. The molecule has 17 heavy (non-hydrogen) atoms. The minimum Gasteiger partial charge on any atom is -0.314 e. The van der Waals surface area contributed by atoms with Crippen molar-refractivity contribution in [3.63, 3.8) is 0 Å². The second-order valence-electron chi connectivity index (χ2n) is 7.01. The zero-order valence-electron chi connectivity index (χ0n) is 12.0. The van der Waals surface area contributed by atoms with Gasteiger partial charge in [-0.1, -0.05) is 20.8 Å². The fourth-order valence-corrected chi connectivity index (χ4v) is 3.76. The number of hydrogen-bond acceptors (Lipinski definition) is 2. The Morgan fingerprint density at radius 2 is 1.88 bits per heavy atom. The number of nitrogens with one attached hydrogen (secondary N) is 1. The lowest BCUT2D eigenvalue weighted by atomic mass is 9.91. The molecule has 2 rings (SSSR count). The van der Waals surface area contributed by atoms with E-state index in [1.807, 2.05) is 0 Å². The van der Waals surface area contributed by atoms with Crippen molar-refractivity contribution in [2.24, 2.45) is 11.3 Å². The molecule has 0 aromatic carbocycles. The normalized spacial score (nSPS) is 33.4. The Labute approximate surface area is 107 Å². The van der Waals surface area contributed by atoms with Crippen LogP contribution in [0.4, 0.5) is 0 Å². The van der Waals surface area contributed by atoms with Gasteiger partial charge in [-0.2, -0.15) is 0 Å². The maximum atomic E-state index is 3.78. The number of nitrogens with zero attached hydrogens (tertiary/aromatic N) is 1. The van der Waals surface area contributed by atoms with E-state index < -0.39 is 0 Å². The van der Waals surface area contributed by atoms with Gasteiger partial charge in [-0.15, -0.1) is 0 Å². The molecule has 1 N–H and O–H groups in total. The van der Waals surface area contributed by atoms with E-state index in [1.165, 1.54) is 58.3 Å². The summed E-state index contributed by atoms with van der Waals surface area (Å²) < 4.78 is 0. The molecule has 1 aliphatic heterocycles. The molecule has 2 nitrogen and oxygen atoms in total. The molecule has 1 heterocycles. The van der Waals surface area contributed by atoms with Crippen molar-refractivity contribution in [1.82, 2.24) is 10.2 Å². The molecule has 2 aliphatic rings. The van der Waals surface area contributed by atoms with E-state index in [2.05, 4.69) is 31.0 Å². The van der Waals surface area contributed by atoms with Gasteiger partial charge < -0.3 is 10.2 Å². The summed E-state index contributed by atoms with van der Waals surface area (Å²) in [5.41, 5.74) is 0.562.